The van der Waals surface area contributed by atoms with E-state index in [0.29, 0.717) is 24.4 Å². The average molecular weight is 407 g/mol. The number of benzene rings is 2. The lowest BCUT2D eigenvalue weighted by atomic mass is 10.1. The molecular weight excluding hydrogens is 387 g/mol. The molecule has 2 aromatic rings. The fraction of sp³-hybridized carbons (Fsp3) is 0.316. The molecule has 1 amide bonds. The van der Waals surface area contributed by atoms with Crippen LogP contribution in [0.1, 0.15) is 16.8 Å². The lowest BCUT2D eigenvalue weighted by Crippen LogP contribution is -2.35. The zero-order valence-electron chi connectivity index (χ0n) is 14.0. The first-order valence-corrected chi connectivity index (χ1v) is 9.01. The second kappa shape index (κ2) is 7.87. The Morgan fingerprint density at radius 3 is 2.56 bits per heavy atom. The standard InChI is InChI=1S/C19H20BrFN2O2/c1-25-18-13-14(20)3-8-17(18)19(24)23-10-2-9-22(11-12-23)16-6-4-15(21)5-7-16/h3-8,13H,2,9-12H2,1H3. The van der Waals surface area contributed by atoms with Gasteiger partial charge in [0, 0.05) is 36.3 Å². The van der Waals surface area contributed by atoms with Crippen LogP contribution in [0, 0.1) is 5.82 Å². The van der Waals surface area contributed by atoms with Gasteiger partial charge >= 0.3 is 0 Å². The van der Waals surface area contributed by atoms with Gasteiger partial charge in [0.2, 0.25) is 0 Å². The van der Waals surface area contributed by atoms with Crippen molar-refractivity contribution in [3.05, 3.63) is 58.3 Å². The molecule has 0 unspecified atom stereocenters. The van der Waals surface area contributed by atoms with Gasteiger partial charge in [0.05, 0.1) is 12.7 Å². The summed E-state index contributed by atoms with van der Waals surface area (Å²) in [5.41, 5.74) is 1.55. The van der Waals surface area contributed by atoms with Crippen molar-refractivity contribution >= 4 is 27.5 Å². The molecule has 25 heavy (non-hydrogen) atoms. The highest BCUT2D eigenvalue weighted by molar-refractivity contribution is 9.10. The Balaban J connectivity index is 1.72. The second-order valence-electron chi connectivity index (χ2n) is 5.95. The molecule has 1 aliphatic heterocycles. The average Bonchev–Trinajstić information content (AvgIpc) is 2.88. The molecule has 0 bridgehead atoms. The predicted molar refractivity (Wildman–Crippen MR) is 99.8 cm³/mol. The third-order valence-electron chi connectivity index (χ3n) is 4.37. The minimum atomic E-state index is -0.238. The van der Waals surface area contributed by atoms with Gasteiger partial charge in [-0.15, -0.1) is 0 Å². The van der Waals surface area contributed by atoms with Gasteiger partial charge in [-0.25, -0.2) is 4.39 Å². The molecule has 0 aliphatic carbocycles. The van der Waals surface area contributed by atoms with Crippen molar-refractivity contribution < 1.29 is 13.9 Å². The van der Waals surface area contributed by atoms with Crippen LogP contribution in [0.3, 0.4) is 0 Å². The Morgan fingerprint density at radius 2 is 1.84 bits per heavy atom. The van der Waals surface area contributed by atoms with Gasteiger partial charge in [0.1, 0.15) is 11.6 Å². The van der Waals surface area contributed by atoms with E-state index in [0.717, 1.165) is 29.7 Å². The van der Waals surface area contributed by atoms with Crippen molar-refractivity contribution in [1.29, 1.82) is 0 Å². The first kappa shape index (κ1) is 17.7. The van der Waals surface area contributed by atoms with E-state index in [4.69, 9.17) is 4.74 Å². The number of hydrogen-bond donors (Lipinski definition) is 0. The molecule has 1 heterocycles. The summed E-state index contributed by atoms with van der Waals surface area (Å²) in [7, 11) is 1.57. The molecular formula is C19H20BrFN2O2. The summed E-state index contributed by atoms with van der Waals surface area (Å²) >= 11 is 3.40. The number of methoxy groups -OCH3 is 1. The van der Waals surface area contributed by atoms with Gasteiger partial charge in [-0.2, -0.15) is 0 Å². The molecule has 1 saturated heterocycles. The molecule has 1 aliphatic rings. The number of ether oxygens (including phenoxy) is 1. The zero-order chi connectivity index (χ0) is 17.8. The summed E-state index contributed by atoms with van der Waals surface area (Å²) in [5.74, 6) is 0.307. The van der Waals surface area contributed by atoms with Crippen LogP contribution in [0.5, 0.6) is 5.75 Å². The van der Waals surface area contributed by atoms with Crippen LogP contribution in [0.4, 0.5) is 10.1 Å². The van der Waals surface area contributed by atoms with Crippen LogP contribution < -0.4 is 9.64 Å². The van der Waals surface area contributed by atoms with Crippen LogP contribution in [0.25, 0.3) is 0 Å². The Morgan fingerprint density at radius 1 is 1.08 bits per heavy atom. The van der Waals surface area contributed by atoms with E-state index >= 15 is 0 Å². The lowest BCUT2D eigenvalue weighted by molar-refractivity contribution is 0.0763. The van der Waals surface area contributed by atoms with Crippen molar-refractivity contribution in [2.24, 2.45) is 0 Å². The minimum absolute atomic E-state index is 0.0229. The lowest BCUT2D eigenvalue weighted by Gasteiger charge is -2.24. The summed E-state index contributed by atoms with van der Waals surface area (Å²) < 4.78 is 19.3. The van der Waals surface area contributed by atoms with Crippen LogP contribution in [-0.2, 0) is 0 Å². The predicted octanol–water partition coefficient (Wildman–Crippen LogP) is 3.95. The molecule has 0 aromatic heterocycles. The molecule has 0 saturated carbocycles. The highest BCUT2D eigenvalue weighted by Gasteiger charge is 2.23. The molecule has 132 valence electrons. The van der Waals surface area contributed by atoms with E-state index in [-0.39, 0.29) is 11.7 Å². The fourth-order valence-electron chi connectivity index (χ4n) is 3.04. The van der Waals surface area contributed by atoms with E-state index < -0.39 is 0 Å². The molecule has 2 aromatic carbocycles. The van der Waals surface area contributed by atoms with Crippen molar-refractivity contribution in [1.82, 2.24) is 4.90 Å². The molecule has 0 radical (unpaired) electrons. The minimum Gasteiger partial charge on any atom is -0.496 e. The first-order valence-electron chi connectivity index (χ1n) is 8.22. The van der Waals surface area contributed by atoms with E-state index in [9.17, 15) is 9.18 Å². The topological polar surface area (TPSA) is 32.8 Å². The summed E-state index contributed by atoms with van der Waals surface area (Å²) in [5, 5.41) is 0. The number of carbonyl (C=O) groups excluding carboxylic acids is 1. The van der Waals surface area contributed by atoms with Crippen LogP contribution in [0.2, 0.25) is 0 Å². The van der Waals surface area contributed by atoms with Gasteiger partial charge < -0.3 is 14.5 Å². The van der Waals surface area contributed by atoms with Gasteiger partial charge in [-0.3, -0.25) is 4.79 Å². The Kier molecular flexibility index (Phi) is 5.58. The summed E-state index contributed by atoms with van der Waals surface area (Å²) in [6.07, 6.45) is 0.863. The third kappa shape index (κ3) is 4.12. The Labute approximate surface area is 155 Å². The summed E-state index contributed by atoms with van der Waals surface area (Å²) in [6.45, 7) is 2.87. The molecule has 0 spiro atoms. The largest absolute Gasteiger partial charge is 0.496 e. The smallest absolute Gasteiger partial charge is 0.257 e. The maximum Gasteiger partial charge on any atom is 0.257 e. The molecule has 0 atom stereocenters. The number of rotatable bonds is 3. The summed E-state index contributed by atoms with van der Waals surface area (Å²) in [4.78, 5) is 16.9. The number of hydrogen-bond acceptors (Lipinski definition) is 3. The Hall–Kier alpha value is -2.08. The van der Waals surface area contributed by atoms with E-state index in [1.807, 2.05) is 11.0 Å². The van der Waals surface area contributed by atoms with Crippen molar-refractivity contribution in [2.45, 2.75) is 6.42 Å². The Bertz CT molecular complexity index is 752. The number of nitrogens with zero attached hydrogens (tertiary/aromatic N) is 2. The van der Waals surface area contributed by atoms with Crippen molar-refractivity contribution in [2.75, 3.05) is 38.2 Å². The van der Waals surface area contributed by atoms with Crippen LogP contribution >= 0.6 is 15.9 Å². The number of anilines is 1. The van der Waals surface area contributed by atoms with E-state index in [1.54, 1.807) is 31.4 Å². The highest BCUT2D eigenvalue weighted by atomic mass is 79.9. The molecule has 6 heteroatoms. The maximum atomic E-state index is 13.1. The SMILES string of the molecule is COc1cc(Br)ccc1C(=O)N1CCCN(c2ccc(F)cc2)CC1. The molecule has 1 fully saturated rings. The fourth-order valence-corrected chi connectivity index (χ4v) is 3.38. The van der Waals surface area contributed by atoms with E-state index in [1.165, 1.54) is 12.1 Å². The number of amides is 1. The molecule has 0 N–H and O–H groups in total. The number of carbonyl (C=O) groups is 1. The highest BCUT2D eigenvalue weighted by Crippen LogP contribution is 2.25. The maximum absolute atomic E-state index is 13.1. The summed E-state index contributed by atoms with van der Waals surface area (Å²) in [6, 6.07) is 11.9. The zero-order valence-corrected chi connectivity index (χ0v) is 15.6. The van der Waals surface area contributed by atoms with Crippen LogP contribution in [-0.4, -0.2) is 44.1 Å². The van der Waals surface area contributed by atoms with Crippen LogP contribution in [0.15, 0.2) is 46.9 Å². The van der Waals surface area contributed by atoms with Crippen molar-refractivity contribution in [3.8, 4) is 5.75 Å². The van der Waals surface area contributed by atoms with Crippen molar-refractivity contribution in [3.63, 3.8) is 0 Å². The van der Waals surface area contributed by atoms with E-state index in [2.05, 4.69) is 20.8 Å². The normalized spacial score (nSPS) is 15.0. The van der Waals surface area contributed by atoms with Gasteiger partial charge in [-0.05, 0) is 48.9 Å². The molecule has 3 rings (SSSR count). The monoisotopic (exact) mass is 406 g/mol. The third-order valence-corrected chi connectivity index (χ3v) is 4.86. The first-order chi connectivity index (χ1) is 12.1. The second-order valence-corrected chi connectivity index (χ2v) is 6.87. The quantitative estimate of drug-likeness (QED) is 0.773. The van der Waals surface area contributed by atoms with Gasteiger partial charge in [-0.1, -0.05) is 15.9 Å². The number of halogens is 2. The molecule has 4 nitrogen and oxygen atoms in total. The van der Waals surface area contributed by atoms with Gasteiger partial charge in [0.25, 0.3) is 5.91 Å². The van der Waals surface area contributed by atoms with Gasteiger partial charge in [0.15, 0.2) is 0 Å².